The lowest BCUT2D eigenvalue weighted by Gasteiger charge is -2.11. The monoisotopic (exact) mass is 574 g/mol. The molecule has 1 atom stereocenters. The summed E-state index contributed by atoms with van der Waals surface area (Å²) in [6, 6.07) is 5.46. The predicted octanol–water partition coefficient (Wildman–Crippen LogP) is 1.95. The van der Waals surface area contributed by atoms with Crippen LogP contribution >= 0.6 is 11.3 Å². The fourth-order valence-corrected chi connectivity index (χ4v) is 4.04. The zero-order valence-corrected chi connectivity index (χ0v) is 21.2. The van der Waals surface area contributed by atoms with Gasteiger partial charge in [-0.15, -0.1) is 0 Å². The SMILES string of the molecule is COc1cccc(C(=O)Nc2cc(-c3noc(-c4sc(NC(=O)NC(CO)C(N)=O)nc4N)n3)c(F)cc2F)c1. The number of nitrogens with zero attached hydrogens (tertiary/aromatic N) is 3. The van der Waals surface area contributed by atoms with Crippen LogP contribution in [-0.2, 0) is 4.79 Å². The topological polar surface area (TPSA) is 221 Å². The van der Waals surface area contributed by atoms with Crippen LogP contribution in [0.4, 0.5) is 30.2 Å². The molecule has 4 amide bonds. The molecule has 0 aliphatic carbocycles. The van der Waals surface area contributed by atoms with Crippen LogP contribution in [0, 0.1) is 11.6 Å². The lowest BCUT2D eigenvalue weighted by atomic mass is 10.1. The standard InChI is InChI=1S/C23H20F2N8O6S/c1-38-10-4-2-3-9(5-10)20(36)28-14-6-11(12(24)7-13(14)25)19-31-21(39-33-19)16-17(26)30-23(40-16)32-22(37)29-15(8-34)18(27)35/h2-7,15,34H,8,26H2,1H3,(H2,27,35)(H,28,36)(H2,29,30,32,37). The number of thiazole rings is 1. The first kappa shape index (κ1) is 27.9. The highest BCUT2D eigenvalue weighted by atomic mass is 32.1. The van der Waals surface area contributed by atoms with Gasteiger partial charge in [-0.25, -0.2) is 18.6 Å². The van der Waals surface area contributed by atoms with Crippen molar-refractivity contribution < 1.29 is 37.5 Å². The number of primary amides is 1. The summed E-state index contributed by atoms with van der Waals surface area (Å²) < 4.78 is 39.4. The number of hydrogen-bond donors (Lipinski definition) is 6. The number of rotatable bonds is 9. The molecule has 8 N–H and O–H groups in total. The van der Waals surface area contributed by atoms with Gasteiger partial charge in [-0.3, -0.25) is 14.9 Å². The summed E-state index contributed by atoms with van der Waals surface area (Å²) in [6.07, 6.45) is 0. The minimum absolute atomic E-state index is 0.0404. The van der Waals surface area contributed by atoms with Crippen LogP contribution in [0.15, 0.2) is 40.9 Å². The molecule has 0 saturated heterocycles. The van der Waals surface area contributed by atoms with E-state index in [9.17, 15) is 23.2 Å². The van der Waals surface area contributed by atoms with Crippen molar-refractivity contribution in [1.29, 1.82) is 0 Å². The molecule has 0 bridgehead atoms. The van der Waals surface area contributed by atoms with Crippen molar-refractivity contribution in [3.8, 4) is 27.9 Å². The number of amides is 4. The number of aliphatic hydroxyl groups is 1. The number of aliphatic hydroxyl groups excluding tert-OH is 1. The highest BCUT2D eigenvalue weighted by molar-refractivity contribution is 7.19. The van der Waals surface area contributed by atoms with Crippen molar-refractivity contribution >= 4 is 45.8 Å². The van der Waals surface area contributed by atoms with Gasteiger partial charge in [0.25, 0.3) is 11.8 Å². The van der Waals surface area contributed by atoms with Gasteiger partial charge in [0.15, 0.2) is 5.13 Å². The number of carbonyl (C=O) groups excluding carboxylic acids is 3. The van der Waals surface area contributed by atoms with E-state index >= 15 is 0 Å². The average molecular weight is 575 g/mol. The lowest BCUT2D eigenvalue weighted by Crippen LogP contribution is -2.48. The van der Waals surface area contributed by atoms with E-state index in [1.54, 1.807) is 12.1 Å². The third kappa shape index (κ3) is 6.11. The Bertz CT molecular complexity index is 1590. The average Bonchev–Trinajstić information content (AvgIpc) is 3.54. The smallest absolute Gasteiger partial charge is 0.321 e. The molecule has 4 aromatic rings. The van der Waals surface area contributed by atoms with E-state index in [0.717, 1.165) is 17.4 Å². The first-order chi connectivity index (χ1) is 19.1. The van der Waals surface area contributed by atoms with E-state index in [1.807, 2.05) is 0 Å². The first-order valence-electron chi connectivity index (χ1n) is 11.1. The quantitative estimate of drug-likeness (QED) is 0.170. The van der Waals surface area contributed by atoms with E-state index in [4.69, 9.17) is 25.8 Å². The van der Waals surface area contributed by atoms with Crippen molar-refractivity contribution in [2.75, 3.05) is 30.1 Å². The fraction of sp³-hybridized carbons (Fsp3) is 0.130. The third-order valence-electron chi connectivity index (χ3n) is 5.20. The van der Waals surface area contributed by atoms with Crippen molar-refractivity contribution in [3.05, 3.63) is 53.6 Å². The van der Waals surface area contributed by atoms with Crippen LogP contribution in [-0.4, -0.2) is 57.8 Å². The molecule has 0 aliphatic rings. The van der Waals surface area contributed by atoms with E-state index in [1.165, 1.54) is 19.2 Å². The van der Waals surface area contributed by atoms with E-state index in [2.05, 4.69) is 31.1 Å². The van der Waals surface area contributed by atoms with Crippen LogP contribution < -0.4 is 32.2 Å². The highest BCUT2D eigenvalue weighted by Gasteiger charge is 2.23. The zero-order chi connectivity index (χ0) is 29.0. The summed E-state index contributed by atoms with van der Waals surface area (Å²) in [7, 11) is 1.43. The second-order valence-electron chi connectivity index (χ2n) is 7.89. The maximum atomic E-state index is 14.7. The van der Waals surface area contributed by atoms with Gasteiger partial charge in [0.1, 0.15) is 34.1 Å². The third-order valence-corrected chi connectivity index (χ3v) is 6.18. The molecule has 0 saturated carbocycles. The van der Waals surface area contributed by atoms with Crippen LogP contribution in [0.5, 0.6) is 5.75 Å². The van der Waals surface area contributed by atoms with Crippen molar-refractivity contribution in [2.24, 2.45) is 5.73 Å². The Morgan fingerprint density at radius 3 is 2.62 bits per heavy atom. The second kappa shape index (κ2) is 11.7. The molecule has 0 spiro atoms. The molecule has 0 aliphatic heterocycles. The Labute approximate surface area is 227 Å². The molecular formula is C23H20F2N8O6S. The van der Waals surface area contributed by atoms with E-state index < -0.39 is 42.1 Å². The largest absolute Gasteiger partial charge is 0.497 e. The molecular weight excluding hydrogens is 554 g/mol. The number of aromatic nitrogens is 3. The normalized spacial score (nSPS) is 11.5. The zero-order valence-electron chi connectivity index (χ0n) is 20.4. The maximum absolute atomic E-state index is 14.7. The number of benzene rings is 2. The van der Waals surface area contributed by atoms with E-state index in [-0.39, 0.29) is 44.4 Å². The van der Waals surface area contributed by atoms with Gasteiger partial charge >= 0.3 is 6.03 Å². The second-order valence-corrected chi connectivity index (χ2v) is 8.89. The van der Waals surface area contributed by atoms with Gasteiger partial charge in [-0.2, -0.15) is 4.98 Å². The number of methoxy groups -OCH3 is 1. The molecule has 2 heterocycles. The molecule has 14 nitrogen and oxygen atoms in total. The van der Waals surface area contributed by atoms with Gasteiger partial charge in [0.2, 0.25) is 11.7 Å². The number of nitrogens with one attached hydrogen (secondary N) is 3. The molecule has 17 heteroatoms. The van der Waals surface area contributed by atoms with Gasteiger partial charge < -0.3 is 36.5 Å². The van der Waals surface area contributed by atoms with Gasteiger partial charge in [-0.1, -0.05) is 22.6 Å². The highest BCUT2D eigenvalue weighted by Crippen LogP contribution is 2.35. The number of halogens is 2. The Morgan fingerprint density at radius 2 is 1.93 bits per heavy atom. The Kier molecular flexibility index (Phi) is 8.15. The van der Waals surface area contributed by atoms with Crippen LogP contribution in [0.1, 0.15) is 10.4 Å². The van der Waals surface area contributed by atoms with Crippen molar-refractivity contribution in [1.82, 2.24) is 20.4 Å². The molecule has 208 valence electrons. The Morgan fingerprint density at radius 1 is 1.15 bits per heavy atom. The number of ether oxygens (including phenoxy) is 1. The Balaban J connectivity index is 1.54. The van der Waals surface area contributed by atoms with E-state index in [0.29, 0.717) is 11.8 Å². The van der Waals surface area contributed by atoms with Gasteiger partial charge in [0, 0.05) is 11.6 Å². The fourth-order valence-electron chi connectivity index (χ4n) is 3.24. The molecule has 2 aromatic carbocycles. The number of nitrogens with two attached hydrogens (primary N) is 2. The number of carbonyl (C=O) groups is 3. The number of anilines is 3. The minimum Gasteiger partial charge on any atom is -0.497 e. The molecule has 4 rings (SSSR count). The number of nitrogen functional groups attached to an aromatic ring is 1. The molecule has 1 unspecified atom stereocenters. The summed E-state index contributed by atoms with van der Waals surface area (Å²) in [5.41, 5.74) is 10.5. The van der Waals surface area contributed by atoms with Gasteiger partial charge in [0.05, 0.1) is 25.0 Å². The Hall–Kier alpha value is -5.16. The van der Waals surface area contributed by atoms with Crippen molar-refractivity contribution in [3.63, 3.8) is 0 Å². The predicted molar refractivity (Wildman–Crippen MR) is 138 cm³/mol. The van der Waals surface area contributed by atoms with Gasteiger partial charge in [-0.05, 0) is 24.3 Å². The molecule has 0 radical (unpaired) electrons. The number of urea groups is 1. The molecule has 40 heavy (non-hydrogen) atoms. The minimum atomic E-state index is -1.33. The van der Waals surface area contributed by atoms with Crippen LogP contribution in [0.3, 0.4) is 0 Å². The molecule has 0 fully saturated rings. The maximum Gasteiger partial charge on any atom is 0.321 e. The number of hydrogen-bond acceptors (Lipinski definition) is 11. The lowest BCUT2D eigenvalue weighted by molar-refractivity contribution is -0.120. The van der Waals surface area contributed by atoms with Crippen LogP contribution in [0.25, 0.3) is 22.2 Å². The summed E-state index contributed by atoms with van der Waals surface area (Å²) in [4.78, 5) is 44.0. The molecule has 2 aromatic heterocycles. The first-order valence-corrected chi connectivity index (χ1v) is 11.9. The summed E-state index contributed by atoms with van der Waals surface area (Å²) in [5, 5.41) is 19.6. The summed E-state index contributed by atoms with van der Waals surface area (Å²) in [5.74, 6) is -3.91. The summed E-state index contributed by atoms with van der Waals surface area (Å²) >= 11 is 0.807. The van der Waals surface area contributed by atoms with Crippen molar-refractivity contribution in [2.45, 2.75) is 6.04 Å². The summed E-state index contributed by atoms with van der Waals surface area (Å²) in [6.45, 7) is -0.717. The van der Waals surface area contributed by atoms with Crippen LogP contribution in [0.2, 0.25) is 0 Å².